The van der Waals surface area contributed by atoms with Crippen LogP contribution >= 0.6 is 0 Å². The summed E-state index contributed by atoms with van der Waals surface area (Å²) in [4.78, 5) is 43.8. The van der Waals surface area contributed by atoms with Crippen molar-refractivity contribution in [1.29, 1.82) is 0 Å². The monoisotopic (exact) mass is 519 g/mol. The van der Waals surface area contributed by atoms with Crippen molar-refractivity contribution in [2.24, 2.45) is 10.8 Å². The summed E-state index contributed by atoms with van der Waals surface area (Å²) in [5.41, 5.74) is -0.331. The Morgan fingerprint density at radius 3 is 2.11 bits per heavy atom. The lowest BCUT2D eigenvalue weighted by atomic mass is 9.77. The first-order valence-electron chi connectivity index (χ1n) is 13.4. The van der Waals surface area contributed by atoms with Crippen LogP contribution in [0, 0.1) is 15.7 Å². The van der Waals surface area contributed by atoms with E-state index < -0.39 is 0 Å². The van der Waals surface area contributed by atoms with Crippen molar-refractivity contribution in [2.75, 3.05) is 59.2 Å². The highest BCUT2D eigenvalue weighted by atomic mass is 16.8. The minimum Gasteiger partial charge on any atom is -0.466 e. The molecule has 0 atom stereocenters. The number of hydrogen-bond donors (Lipinski definition) is 2. The molecule has 0 aromatic heterocycles. The van der Waals surface area contributed by atoms with Gasteiger partial charge < -0.3 is 19.7 Å². The molecular weight excluding hydrogens is 468 g/mol. The van der Waals surface area contributed by atoms with Crippen LogP contribution in [-0.2, 0) is 23.9 Å². The summed E-state index contributed by atoms with van der Waals surface area (Å²) in [6.45, 7) is 12.3. The van der Waals surface area contributed by atoms with Gasteiger partial charge in [0, 0.05) is 38.1 Å². The first kappa shape index (κ1) is 34.2. The number of aliphatic hydroxyl groups excluding tert-OH is 2. The summed E-state index contributed by atoms with van der Waals surface area (Å²) in [5, 5.41) is 18.3. The third kappa shape index (κ3) is 16.1. The zero-order valence-electron chi connectivity index (χ0n) is 23.3. The largest absolute Gasteiger partial charge is 0.466 e. The van der Waals surface area contributed by atoms with Gasteiger partial charge in [-0.05, 0) is 31.1 Å². The molecule has 0 aromatic carbocycles. The molecule has 212 valence electrons. The van der Waals surface area contributed by atoms with E-state index in [1.54, 1.807) is 6.92 Å². The van der Waals surface area contributed by atoms with Crippen molar-refractivity contribution < 1.29 is 39.0 Å². The highest BCUT2D eigenvalue weighted by Crippen LogP contribution is 2.34. The van der Waals surface area contributed by atoms with Gasteiger partial charge in [0.15, 0.2) is 6.61 Å². The Hall–Kier alpha value is -1.78. The number of hydrogen-bond acceptors (Lipinski definition) is 9. The number of aliphatic hydroxyl groups is 2. The zero-order chi connectivity index (χ0) is 27.5. The summed E-state index contributed by atoms with van der Waals surface area (Å²) in [5.74, 6) is -0.534. The van der Waals surface area contributed by atoms with Crippen LogP contribution in [-0.4, -0.2) is 91.2 Å². The van der Waals surface area contributed by atoms with Gasteiger partial charge in [0.2, 0.25) is 4.92 Å². The molecule has 36 heavy (non-hydrogen) atoms. The van der Waals surface area contributed by atoms with Crippen LogP contribution in [0.25, 0.3) is 0 Å². The van der Waals surface area contributed by atoms with Gasteiger partial charge in [0.25, 0.3) is 6.54 Å². The van der Waals surface area contributed by atoms with Crippen LogP contribution in [0.3, 0.4) is 0 Å². The number of ether oxygens (including phenoxy) is 2. The van der Waals surface area contributed by atoms with E-state index >= 15 is 0 Å². The molecule has 2 N–H and O–H groups in total. The Kier molecular flexibility index (Phi) is 18.4. The van der Waals surface area contributed by atoms with Gasteiger partial charge in [0.05, 0.1) is 31.1 Å². The third-order valence-corrected chi connectivity index (χ3v) is 6.83. The standard InChI is InChI=1S/C26H51N2O8/c1-6-23(31)34-20-12-26(7-2,8-3)13-21-36-28(33)17-16-27(14-9-18-29)15-10-24(32)35-22-25(4,5)11-19-30/h29-30H,6-22H2,1-5H3/q+1. The fourth-order valence-electron chi connectivity index (χ4n) is 3.82. The van der Waals surface area contributed by atoms with Crippen LogP contribution in [0.2, 0.25) is 0 Å². The van der Waals surface area contributed by atoms with Gasteiger partial charge in [-0.1, -0.05) is 47.5 Å². The van der Waals surface area contributed by atoms with E-state index in [4.69, 9.17) is 19.4 Å². The van der Waals surface area contributed by atoms with Crippen molar-refractivity contribution in [1.82, 2.24) is 4.90 Å². The summed E-state index contributed by atoms with van der Waals surface area (Å²) < 4.78 is 10.6. The summed E-state index contributed by atoms with van der Waals surface area (Å²) in [6.07, 6.45) is 4.85. The number of rotatable bonds is 23. The van der Waals surface area contributed by atoms with E-state index in [0.717, 1.165) is 19.3 Å². The minimum atomic E-state index is -0.328. The van der Waals surface area contributed by atoms with Gasteiger partial charge in [-0.15, -0.1) is 0 Å². The normalized spacial score (nSPS) is 12.0. The SMILES string of the molecule is CCC(=O)OCCC(CC)(CC)CCO[N+](=O)CCN(CCCO)CCC(=O)OCC(C)(C)CCO. The third-order valence-electron chi connectivity index (χ3n) is 6.83. The van der Waals surface area contributed by atoms with Crippen molar-refractivity contribution in [3.05, 3.63) is 4.91 Å². The van der Waals surface area contributed by atoms with Gasteiger partial charge in [0.1, 0.15) is 0 Å². The van der Waals surface area contributed by atoms with Gasteiger partial charge in [-0.25, -0.2) is 4.84 Å². The molecule has 0 aliphatic heterocycles. The lowest BCUT2D eigenvalue weighted by molar-refractivity contribution is -0.803. The number of carbonyl (C=O) groups excluding carboxylic acids is 2. The maximum Gasteiger partial charge on any atom is 0.307 e. The summed E-state index contributed by atoms with van der Waals surface area (Å²) >= 11 is 0. The highest BCUT2D eigenvalue weighted by Gasteiger charge is 2.28. The zero-order valence-corrected chi connectivity index (χ0v) is 23.3. The second kappa shape index (κ2) is 19.3. The molecule has 0 spiro atoms. The number of esters is 2. The molecule has 0 radical (unpaired) electrons. The molecule has 0 heterocycles. The average Bonchev–Trinajstić information content (AvgIpc) is 2.85. The lowest BCUT2D eigenvalue weighted by Gasteiger charge is -2.30. The molecule has 0 unspecified atom stereocenters. The maximum absolute atomic E-state index is 12.3. The lowest BCUT2D eigenvalue weighted by Crippen LogP contribution is -2.34. The first-order valence-corrected chi connectivity index (χ1v) is 13.4. The molecule has 0 fully saturated rings. The molecule has 0 saturated carbocycles. The molecule has 10 heteroatoms. The second-order valence-corrected chi connectivity index (χ2v) is 10.1. The fraction of sp³-hybridized carbons (Fsp3) is 0.923. The van der Waals surface area contributed by atoms with Crippen LogP contribution in [0.4, 0.5) is 0 Å². The molecule has 0 aliphatic carbocycles. The quantitative estimate of drug-likeness (QED) is 0.154. The van der Waals surface area contributed by atoms with Gasteiger partial charge in [-0.2, -0.15) is 0 Å². The van der Waals surface area contributed by atoms with E-state index in [1.165, 1.54) is 0 Å². The second-order valence-electron chi connectivity index (χ2n) is 10.1. The van der Waals surface area contributed by atoms with Crippen molar-refractivity contribution in [2.45, 2.75) is 86.0 Å². The van der Waals surface area contributed by atoms with Gasteiger partial charge >= 0.3 is 11.9 Å². The van der Waals surface area contributed by atoms with E-state index in [0.29, 0.717) is 56.8 Å². The molecule has 0 bridgehead atoms. The van der Waals surface area contributed by atoms with Crippen LogP contribution in [0.1, 0.15) is 86.0 Å². The Morgan fingerprint density at radius 2 is 1.53 bits per heavy atom. The van der Waals surface area contributed by atoms with Gasteiger partial charge in [-0.3, -0.25) is 14.5 Å². The van der Waals surface area contributed by atoms with Crippen molar-refractivity contribution in [3.63, 3.8) is 0 Å². The fourth-order valence-corrected chi connectivity index (χ4v) is 3.82. The highest BCUT2D eigenvalue weighted by molar-refractivity contribution is 5.69. The molecule has 0 rings (SSSR count). The summed E-state index contributed by atoms with van der Waals surface area (Å²) in [6, 6.07) is 0. The first-order chi connectivity index (χ1) is 17.1. The topological polar surface area (TPSA) is 126 Å². The van der Waals surface area contributed by atoms with E-state index in [1.807, 2.05) is 18.7 Å². The number of nitrogens with zero attached hydrogens (tertiary/aromatic N) is 2. The molecule has 0 saturated heterocycles. The molecule has 0 aromatic rings. The van der Waals surface area contributed by atoms with E-state index in [-0.39, 0.29) is 62.2 Å². The predicted octanol–water partition coefficient (Wildman–Crippen LogP) is 3.26. The predicted molar refractivity (Wildman–Crippen MR) is 137 cm³/mol. The summed E-state index contributed by atoms with van der Waals surface area (Å²) in [7, 11) is 0. The Morgan fingerprint density at radius 1 is 0.861 bits per heavy atom. The smallest absolute Gasteiger partial charge is 0.307 e. The molecule has 0 aliphatic rings. The van der Waals surface area contributed by atoms with E-state index in [9.17, 15) is 19.6 Å². The molecule has 10 nitrogen and oxygen atoms in total. The van der Waals surface area contributed by atoms with Crippen LogP contribution < -0.4 is 0 Å². The molecular formula is C26H51N2O8+. The minimum absolute atomic E-state index is 0.0254. The number of carbonyl (C=O) groups is 2. The Bertz CT molecular complexity index is 623. The van der Waals surface area contributed by atoms with Crippen LogP contribution in [0.15, 0.2) is 0 Å². The Labute approximate surface area is 217 Å². The average molecular weight is 520 g/mol. The van der Waals surface area contributed by atoms with Crippen LogP contribution in [0.5, 0.6) is 0 Å². The van der Waals surface area contributed by atoms with E-state index in [2.05, 4.69) is 13.8 Å². The molecule has 0 amide bonds. The maximum atomic E-state index is 12.3. The van der Waals surface area contributed by atoms with Crippen molar-refractivity contribution >= 4 is 11.9 Å². The Balaban J connectivity index is 4.51. The van der Waals surface area contributed by atoms with Crippen molar-refractivity contribution in [3.8, 4) is 0 Å².